The minimum Gasteiger partial charge on any atom is -0.266 e. The third-order valence-corrected chi connectivity index (χ3v) is 7.38. The second-order valence-corrected chi connectivity index (χ2v) is 9.32. The van der Waals surface area contributed by atoms with E-state index in [1.165, 1.54) is 11.3 Å². The van der Waals surface area contributed by atoms with E-state index in [0.717, 1.165) is 29.7 Å². The van der Waals surface area contributed by atoms with Gasteiger partial charge in [-0.25, -0.2) is 8.42 Å². The van der Waals surface area contributed by atoms with Crippen molar-refractivity contribution in [3.05, 3.63) is 59.6 Å². The van der Waals surface area contributed by atoms with Crippen LogP contribution < -0.4 is 0 Å². The first-order valence-corrected chi connectivity index (χ1v) is 11.1. The number of nitrogens with zero attached hydrogens (tertiary/aromatic N) is 3. The standard InChI is InChI=1S/C19H21N3O2S2/c23-26(24,22-11-5-2-6-12-22)18-15-21(14-16-8-3-1-4-9-16)20-19(18)17-10-7-13-25-17/h1,3-4,7-10,13,15H,2,5-6,11-12,14H2. The molecule has 0 radical (unpaired) electrons. The van der Waals surface area contributed by atoms with Gasteiger partial charge in [-0.1, -0.05) is 42.8 Å². The van der Waals surface area contributed by atoms with Gasteiger partial charge in [0.2, 0.25) is 10.0 Å². The predicted molar refractivity (Wildman–Crippen MR) is 104 cm³/mol. The highest BCUT2D eigenvalue weighted by molar-refractivity contribution is 7.89. The molecule has 0 unspecified atom stereocenters. The molecule has 4 rings (SSSR count). The molecular weight excluding hydrogens is 366 g/mol. The smallest absolute Gasteiger partial charge is 0.246 e. The van der Waals surface area contributed by atoms with E-state index in [4.69, 9.17) is 0 Å². The van der Waals surface area contributed by atoms with E-state index in [0.29, 0.717) is 30.2 Å². The maximum absolute atomic E-state index is 13.2. The Morgan fingerprint density at radius 1 is 1.00 bits per heavy atom. The van der Waals surface area contributed by atoms with Crippen molar-refractivity contribution in [2.24, 2.45) is 0 Å². The number of rotatable bonds is 5. The Labute approximate surface area is 157 Å². The van der Waals surface area contributed by atoms with Crippen molar-refractivity contribution in [3.63, 3.8) is 0 Å². The molecule has 26 heavy (non-hydrogen) atoms. The van der Waals surface area contributed by atoms with Crippen molar-refractivity contribution >= 4 is 21.4 Å². The molecule has 0 amide bonds. The van der Waals surface area contributed by atoms with E-state index in [9.17, 15) is 8.42 Å². The molecular formula is C19H21N3O2S2. The highest BCUT2D eigenvalue weighted by Crippen LogP contribution is 2.32. The first-order chi connectivity index (χ1) is 12.6. The normalized spacial score (nSPS) is 16.0. The highest BCUT2D eigenvalue weighted by atomic mass is 32.2. The molecule has 5 nitrogen and oxygen atoms in total. The van der Waals surface area contributed by atoms with Crippen LogP contribution in [0.5, 0.6) is 0 Å². The number of aromatic nitrogens is 2. The summed E-state index contributed by atoms with van der Waals surface area (Å²) in [6.07, 6.45) is 4.63. The van der Waals surface area contributed by atoms with Crippen molar-refractivity contribution in [2.75, 3.05) is 13.1 Å². The Bertz CT molecular complexity index is 958. The number of piperidine rings is 1. The lowest BCUT2D eigenvalue weighted by Gasteiger charge is -2.25. The fraction of sp³-hybridized carbons (Fsp3) is 0.316. The van der Waals surface area contributed by atoms with E-state index in [2.05, 4.69) is 5.10 Å². The fourth-order valence-corrected chi connectivity index (χ4v) is 5.73. The van der Waals surface area contributed by atoms with Crippen LogP contribution in [0.4, 0.5) is 0 Å². The summed E-state index contributed by atoms with van der Waals surface area (Å²) in [6.45, 7) is 1.74. The third kappa shape index (κ3) is 3.47. The van der Waals surface area contributed by atoms with Crippen LogP contribution >= 0.6 is 11.3 Å². The van der Waals surface area contributed by atoms with Gasteiger partial charge in [-0.15, -0.1) is 11.3 Å². The van der Waals surface area contributed by atoms with Crippen molar-refractivity contribution in [1.82, 2.24) is 14.1 Å². The highest BCUT2D eigenvalue weighted by Gasteiger charge is 2.31. The summed E-state index contributed by atoms with van der Waals surface area (Å²) in [5.41, 5.74) is 1.65. The maximum Gasteiger partial charge on any atom is 0.246 e. The Morgan fingerprint density at radius 2 is 1.77 bits per heavy atom. The van der Waals surface area contributed by atoms with Gasteiger partial charge in [0.1, 0.15) is 10.6 Å². The van der Waals surface area contributed by atoms with Gasteiger partial charge in [0, 0.05) is 19.3 Å². The Balaban J connectivity index is 1.74. The van der Waals surface area contributed by atoms with Gasteiger partial charge < -0.3 is 0 Å². The van der Waals surface area contributed by atoms with Crippen LogP contribution in [0.15, 0.2) is 58.9 Å². The molecule has 0 spiro atoms. The molecule has 1 saturated heterocycles. The summed E-state index contributed by atoms with van der Waals surface area (Å²) in [4.78, 5) is 1.20. The van der Waals surface area contributed by atoms with Gasteiger partial charge in [0.15, 0.2) is 0 Å². The number of hydrogen-bond acceptors (Lipinski definition) is 4. The molecule has 1 aliphatic heterocycles. The van der Waals surface area contributed by atoms with Crippen LogP contribution in [0.1, 0.15) is 24.8 Å². The number of sulfonamides is 1. The SMILES string of the molecule is O=S(=O)(c1cn(Cc2ccccc2)nc1-c1cccs1)N1CCCCC1. The Kier molecular flexibility index (Phi) is 4.93. The Morgan fingerprint density at radius 3 is 2.46 bits per heavy atom. The van der Waals surface area contributed by atoms with E-state index < -0.39 is 10.0 Å². The average Bonchev–Trinajstić information content (AvgIpc) is 3.33. The average molecular weight is 388 g/mol. The van der Waals surface area contributed by atoms with Crippen LogP contribution in [0.25, 0.3) is 10.6 Å². The van der Waals surface area contributed by atoms with Gasteiger partial charge in [-0.2, -0.15) is 9.40 Å². The molecule has 0 atom stereocenters. The zero-order valence-corrected chi connectivity index (χ0v) is 16.0. The summed E-state index contributed by atoms with van der Waals surface area (Å²) in [5.74, 6) is 0. The summed E-state index contributed by atoms with van der Waals surface area (Å²) >= 11 is 1.51. The molecule has 1 aliphatic rings. The molecule has 0 aliphatic carbocycles. The summed E-state index contributed by atoms with van der Waals surface area (Å²) < 4.78 is 29.8. The van der Waals surface area contributed by atoms with E-state index in [-0.39, 0.29) is 0 Å². The van der Waals surface area contributed by atoms with Gasteiger partial charge in [-0.05, 0) is 29.9 Å². The van der Waals surface area contributed by atoms with Gasteiger partial charge in [-0.3, -0.25) is 4.68 Å². The molecule has 0 saturated carbocycles. The third-order valence-electron chi connectivity index (χ3n) is 4.60. The van der Waals surface area contributed by atoms with Crippen LogP contribution in [-0.4, -0.2) is 35.6 Å². The van der Waals surface area contributed by atoms with Crippen LogP contribution in [0.2, 0.25) is 0 Å². The zero-order valence-electron chi connectivity index (χ0n) is 14.4. The van der Waals surface area contributed by atoms with E-state index in [1.807, 2.05) is 47.8 Å². The first-order valence-electron chi connectivity index (χ1n) is 8.80. The maximum atomic E-state index is 13.2. The number of hydrogen-bond donors (Lipinski definition) is 0. The van der Waals surface area contributed by atoms with Crippen LogP contribution in [0, 0.1) is 0 Å². The minimum atomic E-state index is -3.53. The monoisotopic (exact) mass is 387 g/mol. The van der Waals surface area contributed by atoms with E-state index >= 15 is 0 Å². The lowest BCUT2D eigenvalue weighted by atomic mass is 10.2. The fourth-order valence-electron chi connectivity index (χ4n) is 3.27. The molecule has 1 aromatic carbocycles. The Hall–Kier alpha value is -1.96. The van der Waals surface area contributed by atoms with Gasteiger partial charge in [0.05, 0.1) is 11.4 Å². The van der Waals surface area contributed by atoms with Crippen LogP contribution in [0.3, 0.4) is 0 Å². The predicted octanol–water partition coefficient (Wildman–Crippen LogP) is 3.83. The van der Waals surface area contributed by atoms with Gasteiger partial charge in [0.25, 0.3) is 0 Å². The quantitative estimate of drug-likeness (QED) is 0.668. The second kappa shape index (κ2) is 7.34. The lowest BCUT2D eigenvalue weighted by Crippen LogP contribution is -2.35. The molecule has 136 valence electrons. The molecule has 7 heteroatoms. The zero-order chi connectivity index (χ0) is 18.0. The van der Waals surface area contributed by atoms with Crippen molar-refractivity contribution < 1.29 is 8.42 Å². The summed E-state index contributed by atoms with van der Waals surface area (Å²) in [5, 5.41) is 6.58. The van der Waals surface area contributed by atoms with Crippen molar-refractivity contribution in [1.29, 1.82) is 0 Å². The molecule has 0 N–H and O–H groups in total. The van der Waals surface area contributed by atoms with Gasteiger partial charge >= 0.3 is 0 Å². The van der Waals surface area contributed by atoms with Crippen molar-refractivity contribution in [2.45, 2.75) is 30.7 Å². The van der Waals surface area contributed by atoms with Crippen molar-refractivity contribution in [3.8, 4) is 10.6 Å². The van der Waals surface area contributed by atoms with E-state index in [1.54, 1.807) is 15.2 Å². The minimum absolute atomic E-state index is 0.317. The topological polar surface area (TPSA) is 55.2 Å². The molecule has 3 aromatic rings. The molecule has 2 aromatic heterocycles. The number of thiophene rings is 1. The van der Waals surface area contributed by atoms with Crippen LogP contribution in [-0.2, 0) is 16.6 Å². The first kappa shape index (κ1) is 17.5. The lowest BCUT2D eigenvalue weighted by molar-refractivity contribution is 0.347. The number of benzene rings is 1. The molecule has 1 fully saturated rings. The second-order valence-electron chi connectivity index (χ2n) is 6.47. The molecule has 3 heterocycles. The molecule has 0 bridgehead atoms. The summed E-state index contributed by atoms with van der Waals surface area (Å²) in [7, 11) is -3.53. The summed E-state index contributed by atoms with van der Waals surface area (Å²) in [6, 6.07) is 13.8. The largest absolute Gasteiger partial charge is 0.266 e.